The second kappa shape index (κ2) is 8.87. The molecule has 0 spiro atoms. The van der Waals surface area contributed by atoms with Crippen molar-refractivity contribution in [1.29, 1.82) is 0 Å². The maximum absolute atomic E-state index is 12.0. The molecule has 0 bridgehead atoms. The first-order valence-corrected chi connectivity index (χ1v) is 11.0. The van der Waals surface area contributed by atoms with Gasteiger partial charge in [-0.05, 0) is 4.57 Å². The monoisotopic (exact) mass is 431 g/mol. The van der Waals surface area contributed by atoms with Gasteiger partial charge in [0.15, 0.2) is 12.3 Å². The van der Waals surface area contributed by atoms with E-state index in [0.717, 1.165) is 10.6 Å². The van der Waals surface area contributed by atoms with E-state index < -0.39 is 50.8 Å². The van der Waals surface area contributed by atoms with Crippen molar-refractivity contribution in [3.63, 3.8) is 0 Å². The molecule has 26 heavy (non-hydrogen) atoms. The Bertz CT molecular complexity index is 807. The van der Waals surface area contributed by atoms with Gasteiger partial charge in [-0.15, -0.1) is 4.52 Å². The first-order valence-electron chi connectivity index (χ1n) is 7.15. The highest BCUT2D eigenvalue weighted by Gasteiger charge is 2.50. The summed E-state index contributed by atoms with van der Waals surface area (Å²) in [4.78, 5) is 42.8. The van der Waals surface area contributed by atoms with Gasteiger partial charge in [0.25, 0.3) is 5.56 Å². The molecule has 2 heterocycles. The zero-order valence-corrected chi connectivity index (χ0v) is 16.0. The smallest absolute Gasteiger partial charge is 0.374 e. The second-order valence-corrected chi connectivity index (χ2v) is 8.11. The number of nitrogens with zero attached hydrogens (tertiary/aromatic N) is 1. The first-order chi connectivity index (χ1) is 12.1. The van der Waals surface area contributed by atoms with Gasteiger partial charge in [-0.2, -0.15) is 0 Å². The highest BCUT2D eigenvalue weighted by molar-refractivity contribution is 8.39. The fraction of sp³-hybridized carbons (Fsp3) is 0.636. The van der Waals surface area contributed by atoms with Gasteiger partial charge in [-0.1, -0.05) is 0 Å². The average molecular weight is 431 g/mol. The summed E-state index contributed by atoms with van der Waals surface area (Å²) in [6.45, 7) is -0.387. The predicted molar refractivity (Wildman–Crippen MR) is 90.1 cm³/mol. The third-order valence-electron chi connectivity index (χ3n) is 3.56. The molecule has 1 saturated heterocycles. The third-order valence-corrected chi connectivity index (χ3v) is 4.78. The van der Waals surface area contributed by atoms with Crippen molar-refractivity contribution in [2.45, 2.75) is 31.0 Å². The van der Waals surface area contributed by atoms with E-state index in [0.29, 0.717) is 0 Å². The summed E-state index contributed by atoms with van der Waals surface area (Å²) >= 11 is 3.68. The summed E-state index contributed by atoms with van der Waals surface area (Å²) in [6, 6.07) is 1.11. The molecule has 0 amide bonds. The van der Waals surface area contributed by atoms with Crippen LogP contribution < -0.4 is 11.2 Å². The number of ether oxygens (including phenoxy) is 2. The number of rotatable bonds is 8. The lowest BCUT2D eigenvalue weighted by Crippen LogP contribution is -2.39. The second-order valence-electron chi connectivity index (χ2n) is 5.20. The first kappa shape index (κ1) is 21.4. The van der Waals surface area contributed by atoms with Gasteiger partial charge in [-0.3, -0.25) is 18.9 Å². The van der Waals surface area contributed by atoms with E-state index in [-0.39, 0.29) is 13.0 Å². The fourth-order valence-electron chi connectivity index (χ4n) is 2.56. The number of hydrogen-bond donors (Lipinski definition) is 4. The van der Waals surface area contributed by atoms with Gasteiger partial charge in [-0.25, -0.2) is 9.36 Å². The number of aromatic nitrogens is 2. The van der Waals surface area contributed by atoms with Crippen LogP contribution in [0.4, 0.5) is 0 Å². The minimum absolute atomic E-state index is 0.0544. The number of hydrogen-bond acceptors (Lipinski definition) is 8. The molecule has 1 aliphatic heterocycles. The molecule has 1 aromatic heterocycles. The summed E-state index contributed by atoms with van der Waals surface area (Å²) in [5, 5.41) is 0. The van der Waals surface area contributed by atoms with E-state index in [2.05, 4.69) is 21.8 Å². The topological polar surface area (TPSA) is 166 Å². The predicted octanol–water partition coefficient (Wildman–Crippen LogP) is -0.0792. The molecule has 0 aromatic carbocycles. The molecule has 0 saturated carbocycles. The van der Waals surface area contributed by atoms with Gasteiger partial charge >= 0.3 is 20.7 Å². The Morgan fingerprint density at radius 1 is 1.42 bits per heavy atom. The lowest BCUT2D eigenvalue weighted by molar-refractivity contribution is -0.0562. The Kier molecular flexibility index (Phi) is 7.31. The summed E-state index contributed by atoms with van der Waals surface area (Å²) in [6.07, 6.45) is -2.65. The van der Waals surface area contributed by atoms with Gasteiger partial charge in [0, 0.05) is 25.8 Å². The van der Waals surface area contributed by atoms with Crippen molar-refractivity contribution in [2.75, 3.05) is 13.7 Å². The van der Waals surface area contributed by atoms with Crippen LogP contribution in [0.15, 0.2) is 21.9 Å². The molecule has 5 atom stereocenters. The SMILES string of the molecule is CO[C@@H]1[C@H](O[P+](=O)S)C(CCOP(=O)(O)O)O[C@H]1n1ccc(=O)[nH]c1=O. The van der Waals surface area contributed by atoms with Crippen LogP contribution in [-0.4, -0.2) is 51.4 Å². The molecule has 15 heteroatoms. The Labute approximate surface area is 152 Å². The molecule has 2 rings (SSSR count). The quantitative estimate of drug-likeness (QED) is 0.323. The van der Waals surface area contributed by atoms with Crippen molar-refractivity contribution in [3.8, 4) is 0 Å². The summed E-state index contributed by atoms with van der Waals surface area (Å²) < 4.78 is 43.8. The number of aromatic amines is 1. The van der Waals surface area contributed by atoms with Crippen molar-refractivity contribution >= 4 is 27.3 Å². The molecule has 146 valence electrons. The highest BCUT2D eigenvalue weighted by Crippen LogP contribution is 2.42. The molecular formula is C11H17N2O10P2S+. The number of phosphoric ester groups is 1. The molecule has 3 N–H and O–H groups in total. The van der Waals surface area contributed by atoms with Crippen molar-refractivity contribution in [3.05, 3.63) is 33.1 Å². The van der Waals surface area contributed by atoms with E-state index in [1.54, 1.807) is 0 Å². The van der Waals surface area contributed by atoms with Crippen LogP contribution in [0.1, 0.15) is 12.6 Å². The summed E-state index contributed by atoms with van der Waals surface area (Å²) in [5.41, 5.74) is -1.36. The van der Waals surface area contributed by atoms with Crippen LogP contribution in [0, 0.1) is 0 Å². The third kappa shape index (κ3) is 5.56. The molecule has 2 unspecified atom stereocenters. The van der Waals surface area contributed by atoms with E-state index >= 15 is 0 Å². The normalized spacial score (nSPS) is 26.8. The van der Waals surface area contributed by atoms with Crippen LogP contribution in [-0.2, 0) is 27.7 Å². The molecule has 1 fully saturated rings. The molecule has 1 aromatic rings. The minimum Gasteiger partial charge on any atom is -0.374 e. The number of H-pyrrole nitrogens is 1. The largest absolute Gasteiger partial charge is 0.582 e. The Hall–Kier alpha value is -0.880. The van der Waals surface area contributed by atoms with E-state index in [4.69, 9.17) is 23.8 Å². The summed E-state index contributed by atoms with van der Waals surface area (Å²) in [7, 11) is -5.72. The number of phosphoric acid groups is 1. The molecule has 12 nitrogen and oxygen atoms in total. The summed E-state index contributed by atoms with van der Waals surface area (Å²) in [5.74, 6) is 0. The van der Waals surface area contributed by atoms with Gasteiger partial charge < -0.3 is 19.3 Å². The fourth-order valence-corrected chi connectivity index (χ4v) is 3.70. The molecule has 1 aliphatic rings. The average Bonchev–Trinajstić information content (AvgIpc) is 2.83. The maximum atomic E-state index is 12.0. The van der Waals surface area contributed by atoms with Crippen LogP contribution in [0.3, 0.4) is 0 Å². The van der Waals surface area contributed by atoms with Gasteiger partial charge in [0.2, 0.25) is 0 Å². The standard InChI is InChI=1S/C11H16N2O10P2S/c1-20-9-8(23-24(16)26)6(3-5-21-25(17,18)19)22-10(9)13-4-2-7(14)12-11(13)15/h2,4,6,8-10H,3,5H2,1H3,(H3-,12,14,15,16,17,18,19,26)/p+1/t6?,8-,9-,10-/m1/s1. The van der Waals surface area contributed by atoms with Gasteiger partial charge in [0.1, 0.15) is 18.4 Å². The lowest BCUT2D eigenvalue weighted by atomic mass is 10.1. The van der Waals surface area contributed by atoms with Crippen LogP contribution in [0.25, 0.3) is 0 Å². The van der Waals surface area contributed by atoms with Crippen LogP contribution in [0.2, 0.25) is 0 Å². The number of thiol groups is 1. The molecule has 0 aliphatic carbocycles. The van der Waals surface area contributed by atoms with E-state index in [1.165, 1.54) is 13.3 Å². The maximum Gasteiger partial charge on any atom is 0.582 e. The van der Waals surface area contributed by atoms with Gasteiger partial charge in [0.05, 0.1) is 12.7 Å². The van der Waals surface area contributed by atoms with E-state index in [1.807, 2.05) is 0 Å². The number of nitrogens with one attached hydrogen (secondary N) is 1. The molecule has 0 radical (unpaired) electrons. The van der Waals surface area contributed by atoms with Crippen LogP contribution in [0.5, 0.6) is 0 Å². The zero-order chi connectivity index (χ0) is 19.5. The minimum atomic E-state index is -4.67. The van der Waals surface area contributed by atoms with Crippen molar-refractivity contribution in [2.24, 2.45) is 0 Å². The van der Waals surface area contributed by atoms with Crippen molar-refractivity contribution < 1.29 is 37.4 Å². The van der Waals surface area contributed by atoms with Crippen LogP contribution >= 0.6 is 27.3 Å². The Morgan fingerprint density at radius 3 is 2.65 bits per heavy atom. The van der Waals surface area contributed by atoms with E-state index in [9.17, 15) is 18.7 Å². The molecular weight excluding hydrogens is 414 g/mol. The Morgan fingerprint density at radius 2 is 2.12 bits per heavy atom. The zero-order valence-electron chi connectivity index (χ0n) is 13.3. The lowest BCUT2D eigenvalue weighted by Gasteiger charge is -2.19. The Balaban J connectivity index is 2.26. The highest BCUT2D eigenvalue weighted by atomic mass is 32.7. The number of methoxy groups -OCH3 is 1. The van der Waals surface area contributed by atoms with Crippen molar-refractivity contribution in [1.82, 2.24) is 9.55 Å².